The molecule has 0 heterocycles. The van der Waals surface area contributed by atoms with Gasteiger partial charge in [-0.05, 0) is 55.1 Å². The summed E-state index contributed by atoms with van der Waals surface area (Å²) in [6.45, 7) is 0.520. The van der Waals surface area contributed by atoms with Crippen molar-refractivity contribution in [3.63, 3.8) is 0 Å². The van der Waals surface area contributed by atoms with Gasteiger partial charge < -0.3 is 16.4 Å². The first-order valence-corrected chi connectivity index (χ1v) is 10.0. The fourth-order valence-corrected chi connectivity index (χ4v) is 4.00. The van der Waals surface area contributed by atoms with Crippen molar-refractivity contribution >= 4 is 34.8 Å². The summed E-state index contributed by atoms with van der Waals surface area (Å²) in [7, 11) is 0. The molecule has 0 aliphatic heterocycles. The van der Waals surface area contributed by atoms with Crippen molar-refractivity contribution in [1.29, 1.82) is 0 Å². The summed E-state index contributed by atoms with van der Waals surface area (Å²) in [5.74, 6) is -0.401. The highest BCUT2D eigenvalue weighted by Gasteiger charge is 2.33. The number of carbonyl (C=O) groups is 2. The average molecular weight is 400 g/mol. The highest BCUT2D eigenvalue weighted by molar-refractivity contribution is 6.34. The van der Waals surface area contributed by atoms with Crippen LogP contribution < -0.4 is 16.4 Å². The minimum absolute atomic E-state index is 0.0795. The van der Waals surface area contributed by atoms with Crippen LogP contribution in [0.2, 0.25) is 5.02 Å². The van der Waals surface area contributed by atoms with Crippen LogP contribution in [0.1, 0.15) is 48.9 Å². The monoisotopic (exact) mass is 399 g/mol. The molecule has 0 saturated heterocycles. The standard InChI is InChI=1S/C22H26ClN3O2/c23-19-10-9-17(13-18(19)21(28)26-16-7-3-1-4-8-16)25-20(27)14-22(15-24)11-5-2-6-12-22/h1,3-4,7-10,13H,2,5-6,11-12,14-15,24H2,(H,25,27)(H,26,28). The van der Waals surface area contributed by atoms with Gasteiger partial charge in [0.25, 0.3) is 5.91 Å². The summed E-state index contributed by atoms with van der Waals surface area (Å²) in [4.78, 5) is 25.2. The smallest absolute Gasteiger partial charge is 0.257 e. The molecule has 0 unspecified atom stereocenters. The van der Waals surface area contributed by atoms with E-state index in [2.05, 4.69) is 10.6 Å². The van der Waals surface area contributed by atoms with Crippen molar-refractivity contribution in [2.45, 2.75) is 38.5 Å². The highest BCUT2D eigenvalue weighted by atomic mass is 35.5. The van der Waals surface area contributed by atoms with Gasteiger partial charge in [-0.15, -0.1) is 0 Å². The van der Waals surface area contributed by atoms with Crippen LogP contribution in [-0.2, 0) is 4.79 Å². The lowest BCUT2D eigenvalue weighted by Crippen LogP contribution is -2.36. The molecule has 1 aliphatic carbocycles. The quantitative estimate of drug-likeness (QED) is 0.650. The number of amides is 2. The van der Waals surface area contributed by atoms with E-state index >= 15 is 0 Å². The summed E-state index contributed by atoms with van der Waals surface area (Å²) in [5.41, 5.74) is 7.42. The molecule has 1 fully saturated rings. The van der Waals surface area contributed by atoms with Gasteiger partial charge in [-0.1, -0.05) is 49.1 Å². The molecule has 2 aromatic carbocycles. The number of hydrogen-bond acceptors (Lipinski definition) is 3. The van der Waals surface area contributed by atoms with Crippen molar-refractivity contribution in [1.82, 2.24) is 0 Å². The van der Waals surface area contributed by atoms with E-state index in [9.17, 15) is 9.59 Å². The highest BCUT2D eigenvalue weighted by Crippen LogP contribution is 2.38. The van der Waals surface area contributed by atoms with Gasteiger partial charge in [-0.3, -0.25) is 9.59 Å². The normalized spacial score (nSPS) is 15.6. The van der Waals surface area contributed by atoms with Crippen molar-refractivity contribution in [2.24, 2.45) is 11.1 Å². The van der Waals surface area contributed by atoms with Gasteiger partial charge >= 0.3 is 0 Å². The van der Waals surface area contributed by atoms with Crippen LogP contribution in [0.3, 0.4) is 0 Å². The molecule has 6 heteroatoms. The van der Waals surface area contributed by atoms with Gasteiger partial charge in [0.15, 0.2) is 0 Å². The van der Waals surface area contributed by atoms with Crippen LogP contribution in [0.5, 0.6) is 0 Å². The molecule has 28 heavy (non-hydrogen) atoms. The minimum atomic E-state index is -0.321. The predicted molar refractivity (Wildman–Crippen MR) is 114 cm³/mol. The first kappa shape index (κ1) is 20.4. The fourth-order valence-electron chi connectivity index (χ4n) is 3.80. The Balaban J connectivity index is 1.68. The van der Waals surface area contributed by atoms with E-state index < -0.39 is 0 Å². The maximum atomic E-state index is 12.6. The number of halogens is 1. The van der Waals surface area contributed by atoms with Crippen LogP contribution in [0.15, 0.2) is 48.5 Å². The van der Waals surface area contributed by atoms with E-state index in [4.69, 9.17) is 17.3 Å². The summed E-state index contributed by atoms with van der Waals surface area (Å²) >= 11 is 6.20. The van der Waals surface area contributed by atoms with Crippen LogP contribution in [0.4, 0.5) is 11.4 Å². The first-order valence-electron chi connectivity index (χ1n) is 9.67. The molecule has 2 aromatic rings. The summed E-state index contributed by atoms with van der Waals surface area (Å²) in [6.07, 6.45) is 5.83. The molecular weight excluding hydrogens is 374 g/mol. The maximum absolute atomic E-state index is 12.6. The molecule has 5 nitrogen and oxygen atoms in total. The second-order valence-corrected chi connectivity index (χ2v) is 7.91. The Kier molecular flexibility index (Phi) is 6.70. The molecule has 2 amide bonds. The zero-order valence-electron chi connectivity index (χ0n) is 15.8. The molecule has 1 saturated carbocycles. The van der Waals surface area contributed by atoms with Crippen LogP contribution in [-0.4, -0.2) is 18.4 Å². The number of nitrogens with two attached hydrogens (primary N) is 1. The topological polar surface area (TPSA) is 84.2 Å². The van der Waals surface area contributed by atoms with Gasteiger partial charge in [0, 0.05) is 17.8 Å². The molecule has 1 aliphatic rings. The molecule has 0 bridgehead atoms. The molecule has 148 valence electrons. The number of hydrogen-bond donors (Lipinski definition) is 3. The Morgan fingerprint density at radius 1 is 0.964 bits per heavy atom. The average Bonchev–Trinajstić information content (AvgIpc) is 2.70. The minimum Gasteiger partial charge on any atom is -0.330 e. The SMILES string of the molecule is NCC1(CC(=O)Nc2ccc(Cl)c(C(=O)Nc3ccccc3)c2)CCCCC1. The van der Waals surface area contributed by atoms with Gasteiger partial charge in [0.05, 0.1) is 10.6 Å². The van der Waals surface area contributed by atoms with Crippen LogP contribution in [0, 0.1) is 5.41 Å². The molecular formula is C22H26ClN3O2. The Morgan fingerprint density at radius 3 is 2.36 bits per heavy atom. The Labute approximate surface area is 170 Å². The lowest BCUT2D eigenvalue weighted by atomic mass is 9.71. The second kappa shape index (κ2) is 9.22. The predicted octanol–water partition coefficient (Wildman–Crippen LogP) is 4.83. The van der Waals surface area contributed by atoms with E-state index in [0.717, 1.165) is 25.7 Å². The largest absolute Gasteiger partial charge is 0.330 e. The zero-order valence-corrected chi connectivity index (χ0v) is 16.6. The van der Waals surface area contributed by atoms with Crippen molar-refractivity contribution in [3.8, 4) is 0 Å². The Hall–Kier alpha value is -2.37. The van der Waals surface area contributed by atoms with Gasteiger partial charge in [0.2, 0.25) is 5.91 Å². The zero-order chi connectivity index (χ0) is 20.0. The number of carbonyl (C=O) groups excluding carboxylic acids is 2. The lowest BCUT2D eigenvalue weighted by molar-refractivity contribution is -0.118. The number of rotatable bonds is 6. The maximum Gasteiger partial charge on any atom is 0.257 e. The van der Waals surface area contributed by atoms with E-state index in [1.807, 2.05) is 18.2 Å². The summed E-state index contributed by atoms with van der Waals surface area (Å²) in [6, 6.07) is 14.1. The van der Waals surface area contributed by atoms with Crippen molar-refractivity contribution < 1.29 is 9.59 Å². The van der Waals surface area contributed by atoms with E-state index in [1.54, 1.807) is 30.3 Å². The van der Waals surface area contributed by atoms with Gasteiger partial charge in [0.1, 0.15) is 0 Å². The third-order valence-corrected chi connectivity index (χ3v) is 5.74. The molecule has 0 radical (unpaired) electrons. The summed E-state index contributed by atoms with van der Waals surface area (Å²) < 4.78 is 0. The third kappa shape index (κ3) is 5.12. The van der Waals surface area contributed by atoms with Crippen LogP contribution in [0.25, 0.3) is 0 Å². The number of para-hydroxylation sites is 1. The first-order chi connectivity index (χ1) is 13.5. The molecule has 0 spiro atoms. The van der Waals surface area contributed by atoms with E-state index in [0.29, 0.717) is 34.9 Å². The molecule has 0 aromatic heterocycles. The Morgan fingerprint density at radius 2 is 1.68 bits per heavy atom. The van der Waals surface area contributed by atoms with Crippen molar-refractivity contribution in [2.75, 3.05) is 17.2 Å². The van der Waals surface area contributed by atoms with E-state index in [-0.39, 0.29) is 17.2 Å². The molecule has 0 atom stereocenters. The summed E-state index contributed by atoms with van der Waals surface area (Å²) in [5, 5.41) is 6.04. The lowest BCUT2D eigenvalue weighted by Gasteiger charge is -2.35. The second-order valence-electron chi connectivity index (χ2n) is 7.50. The van der Waals surface area contributed by atoms with Crippen LogP contribution >= 0.6 is 11.6 Å². The number of nitrogens with one attached hydrogen (secondary N) is 2. The Bertz CT molecular complexity index is 833. The van der Waals surface area contributed by atoms with Gasteiger partial charge in [-0.25, -0.2) is 0 Å². The fraction of sp³-hybridized carbons (Fsp3) is 0.364. The number of benzene rings is 2. The van der Waals surface area contributed by atoms with Gasteiger partial charge in [-0.2, -0.15) is 0 Å². The molecule has 4 N–H and O–H groups in total. The van der Waals surface area contributed by atoms with Crippen molar-refractivity contribution in [3.05, 3.63) is 59.1 Å². The number of anilines is 2. The third-order valence-electron chi connectivity index (χ3n) is 5.41. The van der Waals surface area contributed by atoms with E-state index in [1.165, 1.54) is 6.42 Å². The molecule has 3 rings (SSSR count).